The van der Waals surface area contributed by atoms with E-state index in [-0.39, 0.29) is 16.8 Å². The topological polar surface area (TPSA) is 77.4 Å². The van der Waals surface area contributed by atoms with E-state index >= 15 is 0 Å². The number of benzene rings is 2. The van der Waals surface area contributed by atoms with Crippen LogP contribution in [0.1, 0.15) is 5.56 Å². The molecule has 0 spiro atoms. The van der Waals surface area contributed by atoms with Crippen molar-refractivity contribution in [1.29, 1.82) is 0 Å². The van der Waals surface area contributed by atoms with Crippen molar-refractivity contribution in [3.8, 4) is 0 Å². The second-order valence-electron chi connectivity index (χ2n) is 4.86. The molecule has 0 heterocycles. The van der Waals surface area contributed by atoms with Crippen molar-refractivity contribution in [3.63, 3.8) is 0 Å². The van der Waals surface area contributed by atoms with Gasteiger partial charge in [-0.15, -0.1) is 0 Å². The van der Waals surface area contributed by atoms with Gasteiger partial charge in [0.25, 0.3) is 5.60 Å². The van der Waals surface area contributed by atoms with Crippen molar-refractivity contribution in [2.24, 2.45) is 0 Å². The van der Waals surface area contributed by atoms with Gasteiger partial charge < -0.3 is 9.66 Å². The van der Waals surface area contributed by atoms with Crippen molar-refractivity contribution < 1.29 is 44.4 Å². The van der Waals surface area contributed by atoms with Crippen LogP contribution < -0.4 is 0 Å². The predicted octanol–water partition coefficient (Wildman–Crippen LogP) is 3.06. The van der Waals surface area contributed by atoms with Crippen molar-refractivity contribution in [2.45, 2.75) is 22.8 Å². The van der Waals surface area contributed by atoms with E-state index in [2.05, 4.69) is 0 Å². The SMILES string of the molecule is O=S(=O)([O-])c1cc(C(O)(C(F)(F)F)C(F)(F)F)cc2ccccc12. The lowest BCUT2D eigenvalue weighted by atomic mass is 9.90. The van der Waals surface area contributed by atoms with Crippen molar-refractivity contribution in [1.82, 2.24) is 0 Å². The van der Waals surface area contributed by atoms with E-state index in [1.165, 1.54) is 12.1 Å². The molecule has 0 amide bonds. The average Bonchev–Trinajstić information content (AvgIpc) is 2.41. The summed E-state index contributed by atoms with van der Waals surface area (Å²) in [5.41, 5.74) is -7.14. The van der Waals surface area contributed by atoms with E-state index < -0.39 is 38.5 Å². The Bertz CT molecular complexity index is 871. The Morgan fingerprint density at radius 1 is 0.917 bits per heavy atom. The molecule has 132 valence electrons. The minimum Gasteiger partial charge on any atom is -0.744 e. The molecule has 11 heteroatoms. The lowest BCUT2D eigenvalue weighted by Crippen LogP contribution is -2.54. The number of alkyl halides is 6. The molecule has 1 N–H and O–H groups in total. The average molecular weight is 373 g/mol. The van der Waals surface area contributed by atoms with Gasteiger partial charge in [-0.3, -0.25) is 0 Å². The van der Waals surface area contributed by atoms with Crippen LogP contribution in [-0.2, 0) is 15.7 Å². The normalized spacial score (nSPS) is 14.2. The molecule has 2 rings (SSSR count). The van der Waals surface area contributed by atoms with Crippen molar-refractivity contribution >= 4 is 20.9 Å². The molecule has 0 saturated carbocycles. The summed E-state index contributed by atoms with van der Waals surface area (Å²) in [5, 5.41) is 8.62. The van der Waals surface area contributed by atoms with Gasteiger partial charge in [0, 0.05) is 5.56 Å². The van der Waals surface area contributed by atoms with E-state index in [0.717, 1.165) is 12.1 Å². The van der Waals surface area contributed by atoms with Crippen LogP contribution in [0.15, 0.2) is 41.3 Å². The van der Waals surface area contributed by atoms with Crippen LogP contribution in [0.3, 0.4) is 0 Å². The summed E-state index contributed by atoms with van der Waals surface area (Å²) in [6, 6.07) is 4.76. The third-order valence-electron chi connectivity index (χ3n) is 3.33. The highest BCUT2D eigenvalue weighted by atomic mass is 32.2. The Labute approximate surface area is 131 Å². The Balaban J connectivity index is 2.96. The van der Waals surface area contributed by atoms with Gasteiger partial charge >= 0.3 is 12.4 Å². The van der Waals surface area contributed by atoms with E-state index in [9.17, 15) is 44.4 Å². The fourth-order valence-electron chi connectivity index (χ4n) is 2.18. The molecule has 0 aliphatic heterocycles. The predicted molar refractivity (Wildman–Crippen MR) is 67.9 cm³/mol. The third kappa shape index (κ3) is 2.82. The highest BCUT2D eigenvalue weighted by Gasteiger charge is 2.71. The molecule has 4 nitrogen and oxygen atoms in total. The number of rotatable bonds is 2. The smallest absolute Gasteiger partial charge is 0.430 e. The standard InChI is InChI=1S/C13H8F6O4S/c14-12(15,16)11(20,13(17,18)19)8-5-7-3-1-2-4-9(7)10(6-8)24(21,22)23/h1-6,20H,(H,21,22,23)/p-1. The van der Waals surface area contributed by atoms with Gasteiger partial charge in [0.15, 0.2) is 0 Å². The molecule has 0 aromatic heterocycles. The molecule has 0 radical (unpaired) electrons. The summed E-state index contributed by atoms with van der Waals surface area (Å²) in [6.07, 6.45) is -12.4. The lowest BCUT2D eigenvalue weighted by molar-refractivity contribution is -0.376. The molecule has 0 fully saturated rings. The molecule has 0 aliphatic rings. The van der Waals surface area contributed by atoms with Crippen LogP contribution in [0, 0.1) is 0 Å². The zero-order chi connectivity index (χ0) is 18.6. The Morgan fingerprint density at radius 3 is 1.88 bits per heavy atom. The van der Waals surface area contributed by atoms with E-state index in [1.54, 1.807) is 0 Å². The van der Waals surface area contributed by atoms with Gasteiger partial charge in [0.05, 0.1) is 4.90 Å². The largest absolute Gasteiger partial charge is 0.744 e. The fourth-order valence-corrected chi connectivity index (χ4v) is 2.91. The molecule has 0 unspecified atom stereocenters. The maximum atomic E-state index is 12.9. The first-order valence-corrected chi connectivity index (χ1v) is 7.45. The Kier molecular flexibility index (Phi) is 4.10. The molecule has 0 atom stereocenters. The third-order valence-corrected chi connectivity index (χ3v) is 4.21. The second kappa shape index (κ2) is 5.33. The maximum absolute atomic E-state index is 12.9. The quantitative estimate of drug-likeness (QED) is 0.648. The highest BCUT2D eigenvalue weighted by molar-refractivity contribution is 7.86. The van der Waals surface area contributed by atoms with Crippen LogP contribution in [0.2, 0.25) is 0 Å². The number of hydrogen-bond donors (Lipinski definition) is 1. The first-order chi connectivity index (χ1) is 10.7. The monoisotopic (exact) mass is 373 g/mol. The van der Waals surface area contributed by atoms with Crippen molar-refractivity contribution in [3.05, 3.63) is 42.0 Å². The first kappa shape index (κ1) is 18.5. The molecular weight excluding hydrogens is 366 g/mol. The summed E-state index contributed by atoms with van der Waals surface area (Å²) < 4.78 is 111. The summed E-state index contributed by atoms with van der Waals surface area (Å²) in [4.78, 5) is -1.29. The number of hydrogen-bond acceptors (Lipinski definition) is 4. The Morgan fingerprint density at radius 2 is 1.42 bits per heavy atom. The number of fused-ring (bicyclic) bond motifs is 1. The van der Waals surface area contributed by atoms with Gasteiger partial charge in [0.1, 0.15) is 10.1 Å². The van der Waals surface area contributed by atoms with Gasteiger partial charge in [-0.25, -0.2) is 8.42 Å². The second-order valence-corrected chi connectivity index (χ2v) is 6.20. The highest BCUT2D eigenvalue weighted by Crippen LogP contribution is 2.50. The minimum atomic E-state index is -6.20. The summed E-state index contributed by atoms with van der Waals surface area (Å²) >= 11 is 0. The minimum absolute atomic E-state index is 0.106. The van der Waals surface area contributed by atoms with Crippen LogP contribution in [0.4, 0.5) is 26.3 Å². The maximum Gasteiger partial charge on any atom is 0.430 e. The van der Waals surface area contributed by atoms with Crippen LogP contribution >= 0.6 is 0 Å². The lowest BCUT2D eigenvalue weighted by Gasteiger charge is -2.33. The van der Waals surface area contributed by atoms with Crippen LogP contribution in [0.25, 0.3) is 10.8 Å². The first-order valence-electron chi connectivity index (χ1n) is 6.04. The van der Waals surface area contributed by atoms with E-state index in [0.29, 0.717) is 6.07 Å². The fraction of sp³-hybridized carbons (Fsp3) is 0.231. The number of halogens is 6. The Hall–Kier alpha value is -1.85. The van der Waals surface area contributed by atoms with Crippen LogP contribution in [-0.4, -0.2) is 30.4 Å². The summed E-state index contributed by atoms with van der Waals surface area (Å²) in [5.74, 6) is 0. The molecule has 0 saturated heterocycles. The van der Waals surface area contributed by atoms with E-state index in [1.807, 2.05) is 0 Å². The molecule has 0 aliphatic carbocycles. The zero-order valence-corrected chi connectivity index (χ0v) is 12.1. The van der Waals surface area contributed by atoms with Gasteiger partial charge in [-0.1, -0.05) is 24.3 Å². The van der Waals surface area contributed by atoms with Gasteiger partial charge in [0.2, 0.25) is 0 Å². The van der Waals surface area contributed by atoms with Gasteiger partial charge in [-0.2, -0.15) is 26.3 Å². The van der Waals surface area contributed by atoms with Crippen molar-refractivity contribution in [2.75, 3.05) is 0 Å². The molecule has 2 aromatic rings. The molecule has 24 heavy (non-hydrogen) atoms. The number of aliphatic hydroxyl groups is 1. The molecule has 2 aromatic carbocycles. The van der Waals surface area contributed by atoms with Crippen LogP contribution in [0.5, 0.6) is 0 Å². The summed E-state index contributed by atoms with van der Waals surface area (Å²) in [6.45, 7) is 0. The van der Waals surface area contributed by atoms with Gasteiger partial charge in [-0.05, 0) is 22.9 Å². The molecule has 0 bridgehead atoms. The van der Waals surface area contributed by atoms with E-state index in [4.69, 9.17) is 0 Å². The molecular formula is C13H7F6O4S-. The zero-order valence-electron chi connectivity index (χ0n) is 11.3. The summed E-state index contributed by atoms with van der Waals surface area (Å²) in [7, 11) is -5.40.